The fourth-order valence-corrected chi connectivity index (χ4v) is 3.29. The van der Waals surface area contributed by atoms with Gasteiger partial charge in [-0.2, -0.15) is 0 Å². The predicted molar refractivity (Wildman–Crippen MR) is 118 cm³/mol. The molecule has 0 spiro atoms. The van der Waals surface area contributed by atoms with E-state index in [1.54, 1.807) is 0 Å². The first kappa shape index (κ1) is 21.1. The number of ketones is 1. The van der Waals surface area contributed by atoms with Crippen molar-refractivity contribution in [2.45, 2.75) is 40.5 Å². The average molecular weight is 394 g/mol. The van der Waals surface area contributed by atoms with Crippen LogP contribution in [0.1, 0.15) is 55.8 Å². The lowest BCUT2D eigenvalue weighted by Crippen LogP contribution is -2.28. The van der Waals surface area contributed by atoms with Crippen molar-refractivity contribution in [3.63, 3.8) is 0 Å². The summed E-state index contributed by atoms with van der Waals surface area (Å²) in [5.74, 6) is 1.51. The van der Waals surface area contributed by atoms with E-state index >= 15 is 0 Å². The molecule has 0 unspecified atom stereocenters. The Morgan fingerprint density at radius 1 is 1.07 bits per heavy atom. The standard InChI is InChI=1S/C25H31NO3/c1-5-21-23(20-9-6-7-10-22(20)29-21)24(27)18-11-13-19(14-12-18)28-16-8-15-26-17-25(2,3)4/h6-7,9-14,26H,5,8,15-17H2,1-4H3. The number of nitrogens with one attached hydrogen (secondary N) is 1. The molecule has 0 aliphatic carbocycles. The highest BCUT2D eigenvalue weighted by Crippen LogP contribution is 2.29. The van der Waals surface area contributed by atoms with Gasteiger partial charge in [0.15, 0.2) is 5.78 Å². The number of benzene rings is 2. The molecule has 154 valence electrons. The summed E-state index contributed by atoms with van der Waals surface area (Å²) in [5, 5.41) is 4.32. The zero-order valence-electron chi connectivity index (χ0n) is 17.9. The second-order valence-corrected chi connectivity index (χ2v) is 8.54. The van der Waals surface area contributed by atoms with Crippen molar-refractivity contribution in [3.05, 3.63) is 65.4 Å². The molecule has 3 aromatic rings. The second-order valence-electron chi connectivity index (χ2n) is 8.54. The average Bonchev–Trinajstić information content (AvgIpc) is 3.08. The van der Waals surface area contributed by atoms with Gasteiger partial charge >= 0.3 is 0 Å². The highest BCUT2D eigenvalue weighted by molar-refractivity contribution is 6.16. The summed E-state index contributed by atoms with van der Waals surface area (Å²) in [4.78, 5) is 13.1. The van der Waals surface area contributed by atoms with E-state index < -0.39 is 0 Å². The molecule has 0 saturated heterocycles. The molecule has 0 bridgehead atoms. The van der Waals surface area contributed by atoms with Crippen LogP contribution in [0.3, 0.4) is 0 Å². The Labute approximate surface area is 173 Å². The van der Waals surface area contributed by atoms with Gasteiger partial charge in [0.1, 0.15) is 17.1 Å². The van der Waals surface area contributed by atoms with E-state index in [1.165, 1.54) is 0 Å². The number of ether oxygens (including phenoxy) is 1. The number of fused-ring (bicyclic) bond motifs is 1. The summed E-state index contributed by atoms with van der Waals surface area (Å²) in [5.41, 5.74) is 2.36. The third kappa shape index (κ3) is 5.48. The molecule has 0 amide bonds. The number of hydrogen-bond donors (Lipinski definition) is 1. The van der Waals surface area contributed by atoms with E-state index in [9.17, 15) is 4.79 Å². The van der Waals surface area contributed by atoms with Crippen LogP contribution >= 0.6 is 0 Å². The van der Waals surface area contributed by atoms with Gasteiger partial charge < -0.3 is 14.5 Å². The van der Waals surface area contributed by atoms with Gasteiger partial charge in [0.25, 0.3) is 0 Å². The van der Waals surface area contributed by atoms with E-state index in [0.29, 0.717) is 29.6 Å². The first-order valence-electron chi connectivity index (χ1n) is 10.4. The van der Waals surface area contributed by atoms with Crippen LogP contribution in [-0.4, -0.2) is 25.5 Å². The van der Waals surface area contributed by atoms with Crippen LogP contribution in [0.5, 0.6) is 5.75 Å². The Bertz CT molecular complexity index is 948. The Morgan fingerprint density at radius 3 is 2.48 bits per heavy atom. The number of furan rings is 1. The molecule has 1 heterocycles. The third-order valence-corrected chi connectivity index (χ3v) is 4.76. The SMILES string of the molecule is CCc1oc2ccccc2c1C(=O)c1ccc(OCCCNCC(C)(C)C)cc1. The Kier molecular flexibility index (Phi) is 6.75. The van der Waals surface area contributed by atoms with E-state index in [1.807, 2.05) is 55.5 Å². The molecule has 29 heavy (non-hydrogen) atoms. The quantitative estimate of drug-likeness (QED) is 0.378. The third-order valence-electron chi connectivity index (χ3n) is 4.76. The lowest BCUT2D eigenvalue weighted by molar-refractivity contribution is 0.103. The largest absolute Gasteiger partial charge is 0.494 e. The minimum absolute atomic E-state index is 0.00951. The smallest absolute Gasteiger partial charge is 0.197 e. The van der Waals surface area contributed by atoms with Crippen LogP contribution in [-0.2, 0) is 6.42 Å². The van der Waals surface area contributed by atoms with E-state index in [2.05, 4.69) is 26.1 Å². The maximum atomic E-state index is 13.1. The van der Waals surface area contributed by atoms with Gasteiger partial charge in [0, 0.05) is 17.4 Å². The van der Waals surface area contributed by atoms with Crippen molar-refractivity contribution in [3.8, 4) is 5.75 Å². The van der Waals surface area contributed by atoms with Gasteiger partial charge in [0.2, 0.25) is 0 Å². The second kappa shape index (κ2) is 9.27. The van der Waals surface area contributed by atoms with Crippen LogP contribution < -0.4 is 10.1 Å². The number of aryl methyl sites for hydroxylation is 1. The van der Waals surface area contributed by atoms with Crippen LogP contribution in [0.4, 0.5) is 0 Å². The Hall–Kier alpha value is -2.59. The van der Waals surface area contributed by atoms with Crippen molar-refractivity contribution in [2.24, 2.45) is 5.41 Å². The minimum Gasteiger partial charge on any atom is -0.494 e. The number of carbonyl (C=O) groups is 1. The molecule has 4 heteroatoms. The van der Waals surface area contributed by atoms with E-state index in [0.717, 1.165) is 42.0 Å². The van der Waals surface area contributed by atoms with Gasteiger partial charge in [-0.15, -0.1) is 0 Å². The first-order chi connectivity index (χ1) is 13.9. The van der Waals surface area contributed by atoms with Crippen LogP contribution in [0.25, 0.3) is 11.0 Å². The fraction of sp³-hybridized carbons (Fsp3) is 0.400. The molecule has 0 aliphatic rings. The topological polar surface area (TPSA) is 51.5 Å². The molecule has 1 aromatic heterocycles. The number of carbonyl (C=O) groups excluding carboxylic acids is 1. The summed E-state index contributed by atoms with van der Waals surface area (Å²) in [6, 6.07) is 15.1. The molecule has 0 saturated carbocycles. The molecule has 0 radical (unpaired) electrons. The molecular weight excluding hydrogens is 362 g/mol. The normalized spacial score (nSPS) is 11.7. The maximum Gasteiger partial charge on any atom is 0.197 e. The summed E-state index contributed by atoms with van der Waals surface area (Å²) in [7, 11) is 0. The molecule has 0 fully saturated rings. The maximum absolute atomic E-state index is 13.1. The Morgan fingerprint density at radius 2 is 1.79 bits per heavy atom. The van der Waals surface area contributed by atoms with Crippen LogP contribution in [0.15, 0.2) is 52.9 Å². The van der Waals surface area contributed by atoms with Gasteiger partial charge in [-0.25, -0.2) is 0 Å². The van der Waals surface area contributed by atoms with Gasteiger partial charge in [0.05, 0.1) is 12.2 Å². The van der Waals surface area contributed by atoms with Crippen molar-refractivity contribution in [1.82, 2.24) is 5.32 Å². The summed E-state index contributed by atoms with van der Waals surface area (Å²) in [6.07, 6.45) is 1.62. The highest BCUT2D eigenvalue weighted by atomic mass is 16.5. The first-order valence-corrected chi connectivity index (χ1v) is 10.4. The number of hydrogen-bond acceptors (Lipinski definition) is 4. The highest BCUT2D eigenvalue weighted by Gasteiger charge is 2.20. The summed E-state index contributed by atoms with van der Waals surface area (Å²) < 4.78 is 11.7. The lowest BCUT2D eigenvalue weighted by atomic mass is 9.97. The zero-order chi connectivity index (χ0) is 20.9. The van der Waals surface area contributed by atoms with Crippen molar-refractivity contribution < 1.29 is 13.9 Å². The molecule has 0 atom stereocenters. The van der Waals surface area contributed by atoms with E-state index in [4.69, 9.17) is 9.15 Å². The predicted octanol–water partition coefficient (Wildman–Crippen LogP) is 5.63. The van der Waals surface area contributed by atoms with Crippen LogP contribution in [0.2, 0.25) is 0 Å². The minimum atomic E-state index is -0.00951. The van der Waals surface area contributed by atoms with Gasteiger partial charge in [-0.1, -0.05) is 45.9 Å². The lowest BCUT2D eigenvalue weighted by Gasteiger charge is -2.18. The molecule has 2 aromatic carbocycles. The van der Waals surface area contributed by atoms with Crippen molar-refractivity contribution >= 4 is 16.8 Å². The van der Waals surface area contributed by atoms with Crippen molar-refractivity contribution in [1.29, 1.82) is 0 Å². The van der Waals surface area contributed by atoms with Gasteiger partial charge in [-0.3, -0.25) is 4.79 Å². The molecule has 1 N–H and O–H groups in total. The monoisotopic (exact) mass is 393 g/mol. The summed E-state index contributed by atoms with van der Waals surface area (Å²) >= 11 is 0. The van der Waals surface area contributed by atoms with Crippen LogP contribution in [0, 0.1) is 5.41 Å². The molecule has 3 rings (SSSR count). The fourth-order valence-electron chi connectivity index (χ4n) is 3.29. The molecule has 0 aliphatic heterocycles. The number of para-hydroxylation sites is 1. The molecular formula is C25H31NO3. The van der Waals surface area contributed by atoms with Crippen molar-refractivity contribution in [2.75, 3.05) is 19.7 Å². The number of rotatable bonds is 9. The molecule has 4 nitrogen and oxygen atoms in total. The van der Waals surface area contributed by atoms with Gasteiger partial charge in [-0.05, 0) is 55.3 Å². The van der Waals surface area contributed by atoms with E-state index in [-0.39, 0.29) is 5.78 Å². The zero-order valence-corrected chi connectivity index (χ0v) is 17.9. The summed E-state index contributed by atoms with van der Waals surface area (Å²) in [6.45, 7) is 11.2. The Balaban J connectivity index is 1.60.